The summed E-state index contributed by atoms with van der Waals surface area (Å²) in [5.41, 5.74) is 0. The molecule has 0 spiro atoms. The molecule has 0 bridgehead atoms. The Hall–Kier alpha value is 1.08. The van der Waals surface area contributed by atoms with Crippen molar-refractivity contribution in [3.63, 3.8) is 0 Å². The molecule has 0 aliphatic carbocycles. The summed E-state index contributed by atoms with van der Waals surface area (Å²) >= 11 is 0. The van der Waals surface area contributed by atoms with Crippen molar-refractivity contribution in [2.45, 2.75) is 59.3 Å². The van der Waals surface area contributed by atoms with Crippen LogP contribution in [0.5, 0.6) is 0 Å². The molecule has 1 nitrogen and oxygen atoms in total. The third-order valence-electron chi connectivity index (χ3n) is 2.87. The van der Waals surface area contributed by atoms with Gasteiger partial charge in [-0.2, -0.15) is 0 Å². The molecule has 0 aliphatic heterocycles. The van der Waals surface area contributed by atoms with Crippen molar-refractivity contribution in [3.8, 4) is 0 Å². The maximum absolute atomic E-state index is 6.39. The summed E-state index contributed by atoms with van der Waals surface area (Å²) in [7, 11) is 6.39. The van der Waals surface area contributed by atoms with Gasteiger partial charge in [0.25, 0.3) is 0 Å². The van der Waals surface area contributed by atoms with E-state index in [-0.39, 0.29) is 31.1 Å². The quantitative estimate of drug-likeness (QED) is 0.489. The molecular formula is C12H27BNU+. The van der Waals surface area contributed by atoms with Crippen LogP contribution in [-0.4, -0.2) is 32.0 Å². The Morgan fingerprint density at radius 3 is 1.20 bits per heavy atom. The number of quaternary nitrogens is 1. The third-order valence-corrected chi connectivity index (χ3v) is 2.87. The van der Waals surface area contributed by atoms with Gasteiger partial charge in [-0.05, 0) is 19.3 Å². The van der Waals surface area contributed by atoms with Crippen molar-refractivity contribution in [1.82, 2.24) is 0 Å². The Balaban J connectivity index is 0. The van der Waals surface area contributed by atoms with E-state index < -0.39 is 0 Å². The second-order valence-corrected chi connectivity index (χ2v) is 4.45. The molecule has 0 unspecified atom stereocenters. The Morgan fingerprint density at radius 1 is 0.733 bits per heavy atom. The number of nitrogens with zero attached hydrogens (tertiary/aromatic N) is 1. The molecule has 0 fully saturated rings. The Bertz CT molecular complexity index is 109. The molecule has 0 heterocycles. The number of unbranched alkanes of at least 4 members (excludes halogenated alkanes) is 3. The van der Waals surface area contributed by atoms with E-state index in [4.69, 9.17) is 7.98 Å². The summed E-state index contributed by atoms with van der Waals surface area (Å²) in [6.07, 6.45) is 7.58. The summed E-state index contributed by atoms with van der Waals surface area (Å²) in [6, 6.07) is 0. The SMILES string of the molecule is [B][N+](CCCC)(CCCC)CCCC.[U]. The first kappa shape index (κ1) is 18.4. The van der Waals surface area contributed by atoms with Crippen molar-refractivity contribution < 1.29 is 35.5 Å². The maximum Gasteiger partial charge on any atom is 0.481 e. The zero-order chi connectivity index (χ0) is 10.9. The van der Waals surface area contributed by atoms with Gasteiger partial charge in [-0.3, -0.25) is 0 Å². The Kier molecular flexibility index (Phi) is 14.2. The van der Waals surface area contributed by atoms with Gasteiger partial charge in [-0.25, -0.2) is 0 Å². The van der Waals surface area contributed by atoms with Crippen molar-refractivity contribution in [2.75, 3.05) is 19.6 Å². The van der Waals surface area contributed by atoms with Crippen LogP contribution in [0.25, 0.3) is 0 Å². The smallest absolute Gasteiger partial charge is 0.397 e. The average Bonchev–Trinajstić information content (AvgIpc) is 2.21. The molecule has 0 amide bonds. The van der Waals surface area contributed by atoms with Gasteiger partial charge in [0.15, 0.2) is 0 Å². The largest absolute Gasteiger partial charge is 0.481 e. The van der Waals surface area contributed by atoms with Crippen LogP contribution in [0.4, 0.5) is 0 Å². The molecule has 0 rings (SSSR count). The third kappa shape index (κ3) is 9.98. The van der Waals surface area contributed by atoms with Crippen LogP contribution in [0.1, 0.15) is 59.3 Å². The first-order chi connectivity index (χ1) is 6.68. The zero-order valence-corrected chi connectivity index (χ0v) is 15.1. The van der Waals surface area contributed by atoms with Crippen molar-refractivity contribution >= 4 is 7.98 Å². The average molecular weight is 434 g/mol. The Morgan fingerprint density at radius 2 is 1.00 bits per heavy atom. The van der Waals surface area contributed by atoms with Gasteiger partial charge in [-0.1, -0.05) is 40.0 Å². The van der Waals surface area contributed by atoms with E-state index in [0.717, 1.165) is 24.0 Å². The van der Waals surface area contributed by atoms with Gasteiger partial charge in [0.05, 0.1) is 19.6 Å². The predicted molar refractivity (Wildman–Crippen MR) is 65.3 cm³/mol. The summed E-state index contributed by atoms with van der Waals surface area (Å²) in [5.74, 6) is 0. The van der Waals surface area contributed by atoms with Gasteiger partial charge < -0.3 is 4.39 Å². The van der Waals surface area contributed by atoms with Gasteiger partial charge in [-0.15, -0.1) is 0 Å². The fraction of sp³-hybridized carbons (Fsp3) is 1.00. The first-order valence-corrected chi connectivity index (χ1v) is 6.33. The van der Waals surface area contributed by atoms with E-state index in [2.05, 4.69) is 20.8 Å². The molecule has 15 heavy (non-hydrogen) atoms. The van der Waals surface area contributed by atoms with Gasteiger partial charge in [0.2, 0.25) is 0 Å². The summed E-state index contributed by atoms with van der Waals surface area (Å²) < 4.78 is 0.815. The van der Waals surface area contributed by atoms with Crippen LogP contribution in [-0.2, 0) is 0 Å². The summed E-state index contributed by atoms with van der Waals surface area (Å²) in [5, 5.41) is 0. The van der Waals surface area contributed by atoms with Gasteiger partial charge >= 0.3 is 7.98 Å². The molecule has 0 N–H and O–H groups in total. The van der Waals surface area contributed by atoms with E-state index in [0.29, 0.717) is 0 Å². The van der Waals surface area contributed by atoms with Gasteiger partial charge in [0.1, 0.15) is 0 Å². The summed E-state index contributed by atoms with van der Waals surface area (Å²) in [6.45, 7) is 10.2. The van der Waals surface area contributed by atoms with E-state index >= 15 is 0 Å². The van der Waals surface area contributed by atoms with Crippen molar-refractivity contribution in [1.29, 1.82) is 0 Å². The monoisotopic (exact) mass is 434 g/mol. The maximum atomic E-state index is 6.39. The number of hydrogen-bond acceptors (Lipinski definition) is 0. The standard InChI is InChI=1S/C12H27BN.U/c1-4-7-10-14(13,11-8-5-2)12-9-6-3;/h4-12H2,1-3H3;/q+1;. The topological polar surface area (TPSA) is 0 Å². The van der Waals surface area contributed by atoms with E-state index in [9.17, 15) is 0 Å². The summed E-state index contributed by atoms with van der Waals surface area (Å²) in [4.78, 5) is 0. The second-order valence-electron chi connectivity index (χ2n) is 4.45. The predicted octanol–water partition coefficient (Wildman–Crippen LogP) is 3.29. The molecule has 0 aromatic rings. The van der Waals surface area contributed by atoms with Crippen LogP contribution < -0.4 is 0 Å². The minimum absolute atomic E-state index is 0. The molecule has 0 atom stereocenters. The first-order valence-electron chi connectivity index (χ1n) is 6.33. The van der Waals surface area contributed by atoms with E-state index in [1.165, 1.54) is 38.5 Å². The fourth-order valence-electron chi connectivity index (χ4n) is 1.75. The molecular weight excluding hydrogens is 407 g/mol. The minimum atomic E-state index is 0. The number of rotatable bonds is 9. The van der Waals surface area contributed by atoms with E-state index in [1.54, 1.807) is 0 Å². The molecule has 0 saturated carbocycles. The van der Waals surface area contributed by atoms with Crippen LogP contribution in [0.15, 0.2) is 0 Å². The molecule has 0 aromatic heterocycles. The normalized spacial score (nSPS) is 11.1. The zero-order valence-electron chi connectivity index (χ0n) is 10.9. The van der Waals surface area contributed by atoms with Crippen LogP contribution >= 0.6 is 0 Å². The Labute approximate surface area is 122 Å². The van der Waals surface area contributed by atoms with Crippen LogP contribution in [0, 0.1) is 31.1 Å². The molecule has 3 heteroatoms. The van der Waals surface area contributed by atoms with Crippen LogP contribution in [0.2, 0.25) is 0 Å². The second kappa shape index (κ2) is 11.6. The van der Waals surface area contributed by atoms with Crippen LogP contribution in [0.3, 0.4) is 0 Å². The van der Waals surface area contributed by atoms with Crippen molar-refractivity contribution in [2.24, 2.45) is 0 Å². The molecule has 2 radical (unpaired) electrons. The number of hydrogen-bond donors (Lipinski definition) is 0. The fourth-order valence-corrected chi connectivity index (χ4v) is 1.75. The minimum Gasteiger partial charge on any atom is -0.397 e. The van der Waals surface area contributed by atoms with Gasteiger partial charge in [0, 0.05) is 31.1 Å². The molecule has 86 valence electrons. The molecule has 0 aromatic carbocycles. The molecule has 0 saturated heterocycles. The van der Waals surface area contributed by atoms with E-state index in [1.807, 2.05) is 0 Å². The van der Waals surface area contributed by atoms with Crippen molar-refractivity contribution in [3.05, 3.63) is 0 Å². The molecule has 0 aliphatic rings.